The Bertz CT molecular complexity index is 857. The molecule has 0 saturated heterocycles. The molecule has 2 aromatic carbocycles. The molecule has 1 heterocycles. The van der Waals surface area contributed by atoms with Crippen molar-refractivity contribution in [3.8, 4) is 0 Å². The quantitative estimate of drug-likeness (QED) is 0.713. The Morgan fingerprint density at radius 2 is 1.81 bits per heavy atom. The molecular weight excluding hydrogens is 322 g/mol. The van der Waals surface area contributed by atoms with E-state index in [1.807, 2.05) is 48.8 Å². The van der Waals surface area contributed by atoms with Gasteiger partial charge in [0.25, 0.3) is 0 Å². The molecule has 0 unspecified atom stereocenters. The predicted octanol–water partition coefficient (Wildman–Crippen LogP) is 3.39. The van der Waals surface area contributed by atoms with Crippen LogP contribution in [0.15, 0.2) is 73.1 Å². The van der Waals surface area contributed by atoms with Crippen LogP contribution >= 0.6 is 0 Å². The van der Waals surface area contributed by atoms with Gasteiger partial charge < -0.3 is 9.88 Å². The minimum atomic E-state index is 0.126. The summed E-state index contributed by atoms with van der Waals surface area (Å²) in [4.78, 5) is 16.8. The van der Waals surface area contributed by atoms with Crippen LogP contribution in [0.25, 0.3) is 0 Å². The van der Waals surface area contributed by atoms with E-state index in [-0.39, 0.29) is 11.8 Å². The third-order valence-corrected chi connectivity index (χ3v) is 5.00. The van der Waals surface area contributed by atoms with E-state index in [1.54, 1.807) is 0 Å². The largest absolute Gasteiger partial charge is 0.355 e. The third kappa shape index (κ3) is 3.85. The number of carbonyl (C=O) groups is 1. The van der Waals surface area contributed by atoms with Crippen molar-refractivity contribution in [2.45, 2.75) is 25.3 Å². The van der Waals surface area contributed by atoms with E-state index in [0.29, 0.717) is 12.5 Å². The van der Waals surface area contributed by atoms with Crippen molar-refractivity contribution in [3.63, 3.8) is 0 Å². The zero-order valence-corrected chi connectivity index (χ0v) is 14.7. The second kappa shape index (κ2) is 7.56. The molecule has 4 heteroatoms. The maximum atomic E-state index is 12.4. The Labute approximate surface area is 153 Å². The van der Waals surface area contributed by atoms with Gasteiger partial charge in [0.2, 0.25) is 5.91 Å². The molecule has 1 amide bonds. The molecule has 1 fully saturated rings. The van der Waals surface area contributed by atoms with Gasteiger partial charge >= 0.3 is 0 Å². The van der Waals surface area contributed by atoms with Crippen LogP contribution < -0.4 is 5.32 Å². The van der Waals surface area contributed by atoms with E-state index in [2.05, 4.69) is 39.1 Å². The lowest BCUT2D eigenvalue weighted by molar-refractivity contribution is -0.122. The topological polar surface area (TPSA) is 46.9 Å². The van der Waals surface area contributed by atoms with Gasteiger partial charge in [0.15, 0.2) is 0 Å². The van der Waals surface area contributed by atoms with E-state index < -0.39 is 0 Å². The summed E-state index contributed by atoms with van der Waals surface area (Å²) in [6.45, 7) is 1.44. The normalized spacial score (nSPS) is 18.5. The van der Waals surface area contributed by atoms with E-state index in [4.69, 9.17) is 0 Å². The van der Waals surface area contributed by atoms with Crippen LogP contribution in [0.2, 0.25) is 0 Å². The number of rotatable bonds is 7. The molecule has 1 N–H and O–H groups in total. The standard InChI is InChI=1S/C22H23N3O/c26-22(20-15-19(20)18-9-5-2-6-10-18)24-12-11-21-23-13-14-25(21)16-17-7-3-1-4-8-17/h1-10,13-14,19-20H,11-12,15-16H2,(H,24,26)/t19-,20+/m0/s1. The second-order valence-electron chi connectivity index (χ2n) is 6.86. The Kier molecular flexibility index (Phi) is 4.82. The predicted molar refractivity (Wildman–Crippen MR) is 102 cm³/mol. The monoisotopic (exact) mass is 345 g/mol. The van der Waals surface area contributed by atoms with E-state index in [0.717, 1.165) is 25.2 Å². The highest BCUT2D eigenvalue weighted by molar-refractivity contribution is 5.82. The molecule has 1 saturated carbocycles. The first-order chi connectivity index (χ1) is 12.8. The number of amides is 1. The van der Waals surface area contributed by atoms with Gasteiger partial charge in [-0.25, -0.2) is 4.98 Å². The summed E-state index contributed by atoms with van der Waals surface area (Å²) >= 11 is 0. The number of nitrogens with zero attached hydrogens (tertiary/aromatic N) is 2. The maximum Gasteiger partial charge on any atom is 0.223 e. The lowest BCUT2D eigenvalue weighted by Crippen LogP contribution is -2.28. The number of hydrogen-bond acceptors (Lipinski definition) is 2. The van der Waals surface area contributed by atoms with Gasteiger partial charge in [0, 0.05) is 37.8 Å². The Morgan fingerprint density at radius 1 is 1.08 bits per heavy atom. The van der Waals surface area contributed by atoms with Gasteiger partial charge in [-0.3, -0.25) is 4.79 Å². The summed E-state index contributed by atoms with van der Waals surface area (Å²) < 4.78 is 2.14. The first-order valence-electron chi connectivity index (χ1n) is 9.18. The SMILES string of the molecule is O=C(NCCc1nccn1Cc1ccccc1)[C@@H]1C[C@H]1c1ccccc1. The summed E-state index contributed by atoms with van der Waals surface area (Å²) in [6.07, 6.45) is 5.52. The molecule has 4 rings (SSSR count). The molecule has 1 aliphatic carbocycles. The summed E-state index contributed by atoms with van der Waals surface area (Å²) in [6, 6.07) is 20.6. The third-order valence-electron chi connectivity index (χ3n) is 5.00. The lowest BCUT2D eigenvalue weighted by Gasteiger charge is -2.09. The Morgan fingerprint density at radius 3 is 2.58 bits per heavy atom. The molecule has 0 radical (unpaired) electrons. The molecule has 1 aromatic heterocycles. The fourth-order valence-electron chi connectivity index (χ4n) is 3.47. The van der Waals surface area contributed by atoms with Crippen molar-refractivity contribution in [2.75, 3.05) is 6.54 Å². The fourth-order valence-corrected chi connectivity index (χ4v) is 3.47. The van der Waals surface area contributed by atoms with E-state index in [1.165, 1.54) is 11.1 Å². The fraction of sp³-hybridized carbons (Fsp3) is 0.273. The van der Waals surface area contributed by atoms with Gasteiger partial charge in [-0.2, -0.15) is 0 Å². The van der Waals surface area contributed by atoms with Crippen molar-refractivity contribution < 1.29 is 4.79 Å². The Hall–Kier alpha value is -2.88. The first kappa shape index (κ1) is 16.6. The van der Waals surface area contributed by atoms with E-state index in [9.17, 15) is 4.79 Å². The van der Waals surface area contributed by atoms with Crippen LogP contribution in [0, 0.1) is 5.92 Å². The van der Waals surface area contributed by atoms with Crippen molar-refractivity contribution in [1.29, 1.82) is 0 Å². The highest BCUT2D eigenvalue weighted by Gasteiger charge is 2.43. The van der Waals surface area contributed by atoms with Crippen LogP contribution in [0.5, 0.6) is 0 Å². The number of imidazole rings is 1. The van der Waals surface area contributed by atoms with Crippen molar-refractivity contribution in [2.24, 2.45) is 5.92 Å². The highest BCUT2D eigenvalue weighted by atomic mass is 16.2. The molecule has 0 bridgehead atoms. The Balaban J connectivity index is 1.27. The number of nitrogens with one attached hydrogen (secondary N) is 1. The van der Waals surface area contributed by atoms with Crippen LogP contribution in [-0.4, -0.2) is 22.0 Å². The van der Waals surface area contributed by atoms with Crippen LogP contribution in [-0.2, 0) is 17.8 Å². The van der Waals surface area contributed by atoms with Crippen molar-refractivity contribution >= 4 is 5.91 Å². The van der Waals surface area contributed by atoms with Crippen molar-refractivity contribution in [3.05, 3.63) is 90.0 Å². The van der Waals surface area contributed by atoms with E-state index >= 15 is 0 Å². The smallest absolute Gasteiger partial charge is 0.223 e. The maximum absolute atomic E-state index is 12.4. The van der Waals surface area contributed by atoms with Gasteiger partial charge in [-0.05, 0) is 23.5 Å². The highest BCUT2D eigenvalue weighted by Crippen LogP contribution is 2.47. The number of hydrogen-bond donors (Lipinski definition) is 1. The summed E-state index contributed by atoms with van der Waals surface area (Å²) in [5.74, 6) is 1.68. The van der Waals surface area contributed by atoms with Gasteiger partial charge in [0.05, 0.1) is 0 Å². The van der Waals surface area contributed by atoms with Gasteiger partial charge in [-0.1, -0.05) is 60.7 Å². The average molecular weight is 345 g/mol. The first-order valence-corrected chi connectivity index (χ1v) is 9.18. The van der Waals surface area contributed by atoms with Gasteiger partial charge in [-0.15, -0.1) is 0 Å². The van der Waals surface area contributed by atoms with Crippen LogP contribution in [0.3, 0.4) is 0 Å². The molecule has 2 atom stereocenters. The zero-order chi connectivity index (χ0) is 17.8. The summed E-state index contributed by atoms with van der Waals surface area (Å²) in [5.41, 5.74) is 2.52. The molecule has 26 heavy (non-hydrogen) atoms. The minimum absolute atomic E-state index is 0.126. The zero-order valence-electron chi connectivity index (χ0n) is 14.7. The molecular formula is C22H23N3O. The number of benzene rings is 2. The molecule has 0 aliphatic heterocycles. The molecule has 1 aliphatic rings. The average Bonchev–Trinajstić information content (AvgIpc) is 3.38. The lowest BCUT2D eigenvalue weighted by atomic mass is 10.1. The van der Waals surface area contributed by atoms with Crippen molar-refractivity contribution in [1.82, 2.24) is 14.9 Å². The van der Waals surface area contributed by atoms with Gasteiger partial charge in [0.1, 0.15) is 5.82 Å². The molecule has 3 aromatic rings. The minimum Gasteiger partial charge on any atom is -0.355 e. The van der Waals surface area contributed by atoms with Crippen LogP contribution in [0.4, 0.5) is 0 Å². The van der Waals surface area contributed by atoms with Crippen LogP contribution in [0.1, 0.15) is 29.3 Å². The number of carbonyl (C=O) groups excluding carboxylic acids is 1. The summed E-state index contributed by atoms with van der Waals surface area (Å²) in [7, 11) is 0. The second-order valence-corrected chi connectivity index (χ2v) is 6.86. The number of aromatic nitrogens is 2. The molecule has 132 valence electrons. The molecule has 0 spiro atoms. The molecule has 4 nitrogen and oxygen atoms in total. The summed E-state index contributed by atoms with van der Waals surface area (Å²) in [5, 5.41) is 3.08.